The van der Waals surface area contributed by atoms with Crippen molar-refractivity contribution in [2.24, 2.45) is 17.3 Å². The number of fused-ring (bicyclic) bond motifs is 4. The van der Waals surface area contributed by atoms with Crippen LogP contribution in [0.15, 0.2) is 59.2 Å². The summed E-state index contributed by atoms with van der Waals surface area (Å²) in [5, 5.41) is 11.3. The van der Waals surface area contributed by atoms with Crippen LogP contribution >= 0.6 is 0 Å². The molecule has 0 spiro atoms. The first-order chi connectivity index (χ1) is 14.2. The highest BCUT2D eigenvalue weighted by atomic mass is 16.3. The maximum absolute atomic E-state index is 12.1. The Kier molecular flexibility index (Phi) is 4.34. The van der Waals surface area contributed by atoms with E-state index in [1.54, 1.807) is 6.92 Å². The molecule has 0 radical (unpaired) electrons. The number of carbonyl (C=O) groups excluding carboxylic acids is 2. The molecule has 3 heteroatoms. The number of benzene rings is 1. The van der Waals surface area contributed by atoms with E-state index in [-0.39, 0.29) is 22.9 Å². The molecule has 0 amide bonds. The van der Waals surface area contributed by atoms with E-state index in [9.17, 15) is 14.7 Å². The lowest BCUT2D eigenvalue weighted by molar-refractivity contribution is -0.114. The van der Waals surface area contributed by atoms with Gasteiger partial charge in [0.2, 0.25) is 0 Å². The minimum absolute atomic E-state index is 0.0775. The summed E-state index contributed by atoms with van der Waals surface area (Å²) in [6.07, 6.45) is 10.4. The van der Waals surface area contributed by atoms with Gasteiger partial charge in [0, 0.05) is 23.3 Å². The number of allylic oxidation sites excluding steroid dienone is 5. The molecule has 156 valence electrons. The molecule has 1 N–H and O–H groups in total. The first-order valence-electron chi connectivity index (χ1n) is 11.2. The van der Waals surface area contributed by atoms with Crippen molar-refractivity contribution in [3.8, 4) is 0 Å². The molecule has 0 bridgehead atoms. The Morgan fingerprint density at radius 3 is 2.53 bits per heavy atom. The smallest absolute Gasteiger partial charge is 0.159 e. The number of hydrogen-bond acceptors (Lipinski definition) is 3. The molecule has 1 aromatic carbocycles. The van der Waals surface area contributed by atoms with Crippen molar-refractivity contribution in [1.82, 2.24) is 0 Å². The van der Waals surface area contributed by atoms with Gasteiger partial charge in [0.25, 0.3) is 0 Å². The van der Waals surface area contributed by atoms with Gasteiger partial charge in [-0.25, -0.2) is 0 Å². The molecule has 0 unspecified atom stereocenters. The van der Waals surface area contributed by atoms with E-state index in [0.29, 0.717) is 18.3 Å². The molecule has 4 aliphatic rings. The summed E-state index contributed by atoms with van der Waals surface area (Å²) in [6.45, 7) is 5.79. The van der Waals surface area contributed by atoms with Crippen molar-refractivity contribution < 1.29 is 14.7 Å². The van der Waals surface area contributed by atoms with Crippen LogP contribution in [0.3, 0.4) is 0 Å². The standard InChI is InChI=1S/C27H30O3/c1-16(28)17-4-6-18(7-5-17)23-15-26(2)24(12-13-27(26,3)30)22-10-8-19-14-20(29)9-11-21(19)25(22)23/h4-7,12-14,22-24,30H,8-11,15H2,1-3H3/t22-,23+,24-,26-,27-/m0/s1. The van der Waals surface area contributed by atoms with Gasteiger partial charge in [0.15, 0.2) is 11.6 Å². The van der Waals surface area contributed by atoms with Crippen LogP contribution in [0.4, 0.5) is 0 Å². The van der Waals surface area contributed by atoms with Crippen molar-refractivity contribution in [1.29, 1.82) is 0 Å². The van der Waals surface area contributed by atoms with Crippen LogP contribution < -0.4 is 0 Å². The molecular formula is C27H30O3. The van der Waals surface area contributed by atoms with E-state index in [2.05, 4.69) is 25.1 Å². The number of rotatable bonds is 2. The monoisotopic (exact) mass is 402 g/mol. The summed E-state index contributed by atoms with van der Waals surface area (Å²) in [4.78, 5) is 23.8. The van der Waals surface area contributed by atoms with Gasteiger partial charge >= 0.3 is 0 Å². The van der Waals surface area contributed by atoms with Crippen LogP contribution in [-0.4, -0.2) is 22.3 Å². The Labute approximate surface area is 178 Å². The minimum atomic E-state index is -0.829. The summed E-state index contributed by atoms with van der Waals surface area (Å²) in [6, 6.07) is 8.06. The topological polar surface area (TPSA) is 54.4 Å². The second-order valence-electron chi connectivity index (χ2n) is 10.1. The van der Waals surface area contributed by atoms with Crippen LogP contribution in [0, 0.1) is 17.3 Å². The van der Waals surface area contributed by atoms with Crippen LogP contribution in [0.1, 0.15) is 74.7 Å². The molecule has 0 heterocycles. The van der Waals surface area contributed by atoms with Crippen molar-refractivity contribution >= 4 is 11.6 Å². The van der Waals surface area contributed by atoms with Crippen molar-refractivity contribution in [3.05, 3.63) is 70.3 Å². The second-order valence-corrected chi connectivity index (χ2v) is 10.1. The molecule has 1 saturated carbocycles. The van der Waals surface area contributed by atoms with E-state index in [1.807, 2.05) is 31.2 Å². The second kappa shape index (κ2) is 6.62. The Morgan fingerprint density at radius 1 is 1.10 bits per heavy atom. The maximum atomic E-state index is 12.1. The summed E-state index contributed by atoms with van der Waals surface area (Å²) >= 11 is 0. The SMILES string of the molecule is CC(=O)c1ccc([C@H]2C[C@@]3(C)[C@@H](C=C[C@]3(C)O)[C@@H]3CCC4=CC(=O)CCC4=C32)cc1. The number of hydrogen-bond donors (Lipinski definition) is 1. The highest BCUT2D eigenvalue weighted by Gasteiger charge is 2.58. The zero-order valence-electron chi connectivity index (χ0n) is 18.1. The predicted molar refractivity (Wildman–Crippen MR) is 117 cm³/mol. The predicted octanol–water partition coefficient (Wildman–Crippen LogP) is 5.32. The Balaban J connectivity index is 1.67. The average Bonchev–Trinajstić information content (AvgIpc) is 2.96. The van der Waals surface area contributed by atoms with Crippen LogP contribution in [0.25, 0.3) is 0 Å². The van der Waals surface area contributed by atoms with Gasteiger partial charge in [-0.1, -0.05) is 48.9 Å². The molecule has 3 nitrogen and oxygen atoms in total. The van der Waals surface area contributed by atoms with E-state index in [0.717, 1.165) is 31.2 Å². The molecule has 0 aliphatic heterocycles. The van der Waals surface area contributed by atoms with Crippen LogP contribution in [-0.2, 0) is 4.79 Å². The summed E-state index contributed by atoms with van der Waals surface area (Å²) in [5.41, 5.74) is 5.01. The average molecular weight is 403 g/mol. The molecule has 30 heavy (non-hydrogen) atoms. The number of Topliss-reactive ketones (excluding diaryl/α,β-unsaturated/α-hetero) is 1. The highest BCUT2D eigenvalue weighted by molar-refractivity contribution is 5.94. The first kappa shape index (κ1) is 19.7. The van der Waals surface area contributed by atoms with Gasteiger partial charge < -0.3 is 5.11 Å². The zero-order valence-corrected chi connectivity index (χ0v) is 18.1. The Bertz CT molecular complexity index is 1020. The van der Waals surface area contributed by atoms with Crippen LogP contribution in [0.2, 0.25) is 0 Å². The quantitative estimate of drug-likeness (QED) is 0.538. The van der Waals surface area contributed by atoms with E-state index >= 15 is 0 Å². The van der Waals surface area contributed by atoms with E-state index in [1.165, 1.54) is 22.3 Å². The molecule has 1 fully saturated rings. The Hall–Kier alpha value is -2.26. The minimum Gasteiger partial charge on any atom is -0.385 e. The maximum Gasteiger partial charge on any atom is 0.159 e. The third kappa shape index (κ3) is 2.75. The van der Waals surface area contributed by atoms with Gasteiger partial charge in [0.1, 0.15) is 0 Å². The van der Waals surface area contributed by atoms with Gasteiger partial charge in [-0.05, 0) is 74.2 Å². The largest absolute Gasteiger partial charge is 0.385 e. The fourth-order valence-electron chi connectivity index (χ4n) is 6.58. The summed E-state index contributed by atoms with van der Waals surface area (Å²) in [5.74, 6) is 1.25. The lowest BCUT2D eigenvalue weighted by Gasteiger charge is -2.54. The number of ketones is 2. The third-order valence-electron chi connectivity index (χ3n) is 8.49. The molecule has 5 atom stereocenters. The first-order valence-corrected chi connectivity index (χ1v) is 11.2. The summed E-state index contributed by atoms with van der Waals surface area (Å²) in [7, 11) is 0. The normalized spacial score (nSPS) is 37.4. The third-order valence-corrected chi connectivity index (χ3v) is 8.49. The van der Waals surface area contributed by atoms with Crippen molar-refractivity contribution in [3.63, 3.8) is 0 Å². The lowest BCUT2D eigenvalue weighted by Crippen LogP contribution is -2.50. The fraction of sp³-hybridized carbons (Fsp3) is 0.481. The molecule has 5 rings (SSSR count). The van der Waals surface area contributed by atoms with Gasteiger partial charge in [0.05, 0.1) is 5.60 Å². The van der Waals surface area contributed by atoms with E-state index < -0.39 is 5.60 Å². The summed E-state index contributed by atoms with van der Waals surface area (Å²) < 4.78 is 0. The molecule has 0 aromatic heterocycles. The van der Waals surface area contributed by atoms with Crippen molar-refractivity contribution in [2.45, 2.75) is 64.4 Å². The molecule has 1 aromatic rings. The molecular weight excluding hydrogens is 372 g/mol. The van der Waals surface area contributed by atoms with E-state index in [4.69, 9.17) is 0 Å². The highest BCUT2D eigenvalue weighted by Crippen LogP contribution is 2.64. The van der Waals surface area contributed by atoms with Crippen LogP contribution in [0.5, 0.6) is 0 Å². The lowest BCUT2D eigenvalue weighted by atomic mass is 9.51. The molecule has 0 saturated heterocycles. The molecule has 4 aliphatic carbocycles. The van der Waals surface area contributed by atoms with Gasteiger partial charge in [-0.3, -0.25) is 9.59 Å². The fourth-order valence-corrected chi connectivity index (χ4v) is 6.58. The number of aliphatic hydroxyl groups is 1. The van der Waals surface area contributed by atoms with Gasteiger partial charge in [-0.2, -0.15) is 0 Å². The number of carbonyl (C=O) groups is 2. The zero-order chi connectivity index (χ0) is 21.3. The Morgan fingerprint density at radius 2 is 1.83 bits per heavy atom. The van der Waals surface area contributed by atoms with Gasteiger partial charge in [-0.15, -0.1) is 0 Å². The van der Waals surface area contributed by atoms with Crippen molar-refractivity contribution in [2.75, 3.05) is 0 Å².